The highest BCUT2D eigenvalue weighted by atomic mass is 16.3. The molecule has 0 saturated heterocycles. The highest BCUT2D eigenvalue weighted by molar-refractivity contribution is 5.95. The van der Waals surface area contributed by atoms with E-state index in [0.717, 1.165) is 6.08 Å². The van der Waals surface area contributed by atoms with Crippen LogP contribution in [0, 0.1) is 0 Å². The minimum atomic E-state index is -1.25. The van der Waals surface area contributed by atoms with Gasteiger partial charge in [0.1, 0.15) is 5.60 Å². The Morgan fingerprint density at radius 1 is 1.75 bits per heavy atom. The van der Waals surface area contributed by atoms with Crippen molar-refractivity contribution in [2.45, 2.75) is 19.4 Å². The van der Waals surface area contributed by atoms with Gasteiger partial charge in [0.2, 0.25) is 0 Å². The third-order valence-corrected chi connectivity index (χ3v) is 0.788. The highest BCUT2D eigenvalue weighted by Gasteiger charge is 2.19. The molecular formula is C6H10O2. The van der Waals surface area contributed by atoms with E-state index < -0.39 is 5.60 Å². The van der Waals surface area contributed by atoms with Crippen molar-refractivity contribution in [3.8, 4) is 0 Å². The minimum Gasteiger partial charge on any atom is -0.382 e. The standard InChI is InChI=1S/C6H10O2/c1-4-5(7)6(2,3)8/h4,8H,1H2,2-3H3. The molecule has 8 heavy (non-hydrogen) atoms. The Hall–Kier alpha value is -0.630. The molecule has 0 saturated carbocycles. The van der Waals surface area contributed by atoms with Crippen LogP contribution in [0.1, 0.15) is 13.8 Å². The molecule has 0 radical (unpaired) electrons. The van der Waals surface area contributed by atoms with Crippen LogP contribution in [0.2, 0.25) is 0 Å². The Morgan fingerprint density at radius 2 is 2.12 bits per heavy atom. The fraction of sp³-hybridized carbons (Fsp3) is 0.500. The second-order valence-corrected chi connectivity index (χ2v) is 2.13. The van der Waals surface area contributed by atoms with Gasteiger partial charge < -0.3 is 5.11 Å². The van der Waals surface area contributed by atoms with Gasteiger partial charge in [-0.05, 0) is 19.9 Å². The van der Waals surface area contributed by atoms with E-state index in [4.69, 9.17) is 5.11 Å². The van der Waals surface area contributed by atoms with Crippen molar-refractivity contribution in [1.29, 1.82) is 0 Å². The summed E-state index contributed by atoms with van der Waals surface area (Å²) in [5, 5.41) is 8.87. The number of hydrogen-bond acceptors (Lipinski definition) is 2. The Morgan fingerprint density at radius 3 is 2.12 bits per heavy atom. The maximum atomic E-state index is 10.5. The first-order chi connectivity index (χ1) is 3.48. The minimum absolute atomic E-state index is 0.350. The van der Waals surface area contributed by atoms with Crippen molar-refractivity contribution in [2.24, 2.45) is 0 Å². The molecule has 0 aliphatic rings. The molecule has 0 bridgehead atoms. The Bertz CT molecular complexity index is 108. The second kappa shape index (κ2) is 2.09. The molecule has 0 aromatic rings. The average molecular weight is 114 g/mol. The number of ketones is 1. The molecule has 0 aliphatic carbocycles. The molecule has 0 spiro atoms. The molecule has 0 amide bonds. The molecule has 0 atom stereocenters. The van der Waals surface area contributed by atoms with Crippen LogP contribution in [0.25, 0.3) is 0 Å². The van der Waals surface area contributed by atoms with Crippen LogP contribution in [-0.4, -0.2) is 16.5 Å². The number of carbonyl (C=O) groups excluding carboxylic acids is 1. The summed E-state index contributed by atoms with van der Waals surface area (Å²) >= 11 is 0. The summed E-state index contributed by atoms with van der Waals surface area (Å²) < 4.78 is 0. The molecule has 0 fully saturated rings. The largest absolute Gasteiger partial charge is 0.382 e. The van der Waals surface area contributed by atoms with Gasteiger partial charge in [0.05, 0.1) is 0 Å². The SMILES string of the molecule is C=CC(=O)C(C)(C)O. The van der Waals surface area contributed by atoms with E-state index in [2.05, 4.69) is 6.58 Å². The first-order valence-corrected chi connectivity index (χ1v) is 2.37. The van der Waals surface area contributed by atoms with Gasteiger partial charge in [0.15, 0.2) is 5.78 Å². The van der Waals surface area contributed by atoms with Crippen molar-refractivity contribution in [1.82, 2.24) is 0 Å². The summed E-state index contributed by atoms with van der Waals surface area (Å²) in [4.78, 5) is 10.5. The third-order valence-electron chi connectivity index (χ3n) is 0.788. The molecule has 0 aliphatic heterocycles. The molecule has 0 heterocycles. The van der Waals surface area contributed by atoms with Crippen LogP contribution in [-0.2, 0) is 4.79 Å². The number of carbonyl (C=O) groups is 1. The molecular weight excluding hydrogens is 104 g/mol. The van der Waals surface area contributed by atoms with Crippen molar-refractivity contribution >= 4 is 5.78 Å². The van der Waals surface area contributed by atoms with Crippen molar-refractivity contribution in [2.75, 3.05) is 0 Å². The van der Waals surface area contributed by atoms with Crippen molar-refractivity contribution < 1.29 is 9.90 Å². The Labute approximate surface area is 48.8 Å². The summed E-state index contributed by atoms with van der Waals surface area (Å²) in [6.07, 6.45) is 1.11. The lowest BCUT2D eigenvalue weighted by Crippen LogP contribution is -2.28. The predicted octanol–water partition coefficient (Wildman–Crippen LogP) is 0.512. The van der Waals surface area contributed by atoms with Crippen molar-refractivity contribution in [3.63, 3.8) is 0 Å². The fourth-order valence-corrected chi connectivity index (χ4v) is 0.250. The van der Waals surface area contributed by atoms with E-state index in [1.165, 1.54) is 13.8 Å². The number of aliphatic hydroxyl groups is 1. The number of rotatable bonds is 2. The fourth-order valence-electron chi connectivity index (χ4n) is 0.250. The topological polar surface area (TPSA) is 37.3 Å². The Kier molecular flexibility index (Phi) is 1.93. The molecule has 1 N–H and O–H groups in total. The zero-order valence-electron chi connectivity index (χ0n) is 5.14. The van der Waals surface area contributed by atoms with E-state index in [-0.39, 0.29) is 5.78 Å². The van der Waals surface area contributed by atoms with E-state index in [9.17, 15) is 4.79 Å². The number of hydrogen-bond donors (Lipinski definition) is 1. The second-order valence-electron chi connectivity index (χ2n) is 2.13. The van der Waals surface area contributed by atoms with Gasteiger partial charge in [-0.25, -0.2) is 0 Å². The summed E-state index contributed by atoms with van der Waals surface area (Å²) in [7, 11) is 0. The zero-order chi connectivity index (χ0) is 6.78. The zero-order valence-corrected chi connectivity index (χ0v) is 5.14. The van der Waals surface area contributed by atoms with Crippen LogP contribution in [0.3, 0.4) is 0 Å². The van der Waals surface area contributed by atoms with E-state index >= 15 is 0 Å². The maximum Gasteiger partial charge on any atom is 0.185 e. The van der Waals surface area contributed by atoms with Crippen LogP contribution in [0.4, 0.5) is 0 Å². The van der Waals surface area contributed by atoms with Crippen molar-refractivity contribution in [3.05, 3.63) is 12.7 Å². The molecule has 0 aromatic heterocycles. The molecule has 0 unspecified atom stereocenters. The normalized spacial score (nSPS) is 10.9. The highest BCUT2D eigenvalue weighted by Crippen LogP contribution is 2.01. The molecule has 0 rings (SSSR count). The summed E-state index contributed by atoms with van der Waals surface area (Å²) in [6.45, 7) is 6.07. The van der Waals surface area contributed by atoms with Gasteiger partial charge in [-0.2, -0.15) is 0 Å². The van der Waals surface area contributed by atoms with E-state index in [0.29, 0.717) is 0 Å². The first-order valence-electron chi connectivity index (χ1n) is 2.37. The molecule has 2 nitrogen and oxygen atoms in total. The average Bonchev–Trinajstić information content (AvgIpc) is 1.62. The molecule has 0 aromatic carbocycles. The van der Waals surface area contributed by atoms with Gasteiger partial charge in [0.25, 0.3) is 0 Å². The third kappa shape index (κ3) is 1.89. The molecule has 46 valence electrons. The van der Waals surface area contributed by atoms with Gasteiger partial charge in [-0.3, -0.25) is 4.79 Å². The monoisotopic (exact) mass is 114 g/mol. The Balaban J connectivity index is 4.02. The van der Waals surface area contributed by atoms with Crippen LogP contribution >= 0.6 is 0 Å². The van der Waals surface area contributed by atoms with Gasteiger partial charge in [-0.15, -0.1) is 0 Å². The quantitative estimate of drug-likeness (QED) is 0.531. The van der Waals surface area contributed by atoms with Gasteiger partial charge >= 0.3 is 0 Å². The van der Waals surface area contributed by atoms with Crippen LogP contribution in [0.15, 0.2) is 12.7 Å². The van der Waals surface area contributed by atoms with E-state index in [1.807, 2.05) is 0 Å². The summed E-state index contributed by atoms with van der Waals surface area (Å²) in [6, 6.07) is 0. The van der Waals surface area contributed by atoms with Crippen LogP contribution < -0.4 is 0 Å². The summed E-state index contributed by atoms with van der Waals surface area (Å²) in [5.74, 6) is -0.350. The van der Waals surface area contributed by atoms with Crippen LogP contribution in [0.5, 0.6) is 0 Å². The van der Waals surface area contributed by atoms with Gasteiger partial charge in [0, 0.05) is 0 Å². The lowest BCUT2D eigenvalue weighted by Gasteiger charge is -2.10. The van der Waals surface area contributed by atoms with E-state index in [1.54, 1.807) is 0 Å². The lowest BCUT2D eigenvalue weighted by atomic mass is 10.1. The molecule has 2 heteroatoms. The lowest BCUT2D eigenvalue weighted by molar-refractivity contribution is -0.128. The smallest absolute Gasteiger partial charge is 0.185 e. The first kappa shape index (κ1) is 7.37. The van der Waals surface area contributed by atoms with Gasteiger partial charge in [-0.1, -0.05) is 6.58 Å². The predicted molar refractivity (Wildman–Crippen MR) is 31.5 cm³/mol. The maximum absolute atomic E-state index is 10.5. The summed E-state index contributed by atoms with van der Waals surface area (Å²) in [5.41, 5.74) is -1.25.